The Balaban J connectivity index is 1.85. The highest BCUT2D eigenvalue weighted by molar-refractivity contribution is 7.91. The molecule has 0 bridgehead atoms. The highest BCUT2D eigenvalue weighted by Gasteiger charge is 2.55. The van der Waals surface area contributed by atoms with E-state index >= 15 is 0 Å². The van der Waals surface area contributed by atoms with Crippen LogP contribution in [-0.4, -0.2) is 35.6 Å². The zero-order valence-corrected chi connectivity index (χ0v) is 17.0. The average molecular weight is 469 g/mol. The zero-order chi connectivity index (χ0) is 23.4. The van der Waals surface area contributed by atoms with E-state index in [4.69, 9.17) is 0 Å². The van der Waals surface area contributed by atoms with Crippen molar-refractivity contribution in [1.29, 1.82) is 0 Å². The summed E-state index contributed by atoms with van der Waals surface area (Å²) in [7, 11) is -3.19. The molecule has 0 aliphatic heterocycles. The summed E-state index contributed by atoms with van der Waals surface area (Å²) in [6.45, 7) is 1.35. The maximum Gasteiger partial charge on any atom is 0.433 e. The molecule has 1 aliphatic rings. The SMILES string of the molecule is Cn1cc(S(=O)(=O)CC2(C)CC(F)(F)C2)c(F)c1C(=O)Nc1ccnc(C(F)(F)F)c1. The molecule has 2 aromatic rings. The Morgan fingerprint density at radius 2 is 1.90 bits per heavy atom. The zero-order valence-electron chi connectivity index (χ0n) is 16.2. The summed E-state index contributed by atoms with van der Waals surface area (Å²) < 4.78 is 106. The van der Waals surface area contributed by atoms with Crippen molar-refractivity contribution in [1.82, 2.24) is 9.55 Å². The van der Waals surface area contributed by atoms with Gasteiger partial charge in [-0.2, -0.15) is 13.2 Å². The van der Waals surface area contributed by atoms with E-state index in [1.54, 1.807) is 0 Å². The molecule has 0 atom stereocenters. The third-order valence-electron chi connectivity index (χ3n) is 4.86. The maximum atomic E-state index is 14.9. The van der Waals surface area contributed by atoms with Gasteiger partial charge in [0.05, 0.1) is 5.75 Å². The number of hydrogen-bond acceptors (Lipinski definition) is 4. The summed E-state index contributed by atoms with van der Waals surface area (Å²) in [4.78, 5) is 14.7. The number of nitrogens with zero attached hydrogens (tertiary/aromatic N) is 2. The Morgan fingerprint density at radius 1 is 1.29 bits per heavy atom. The molecule has 6 nitrogen and oxygen atoms in total. The van der Waals surface area contributed by atoms with Crippen LogP contribution < -0.4 is 5.32 Å². The second-order valence-electron chi connectivity index (χ2n) is 7.93. The Bertz CT molecular complexity index is 1130. The average Bonchev–Trinajstić information content (AvgIpc) is 2.87. The van der Waals surface area contributed by atoms with E-state index in [2.05, 4.69) is 10.3 Å². The second kappa shape index (κ2) is 7.24. The Labute approximate surface area is 173 Å². The molecule has 1 N–H and O–H groups in total. The Morgan fingerprint density at radius 3 is 2.45 bits per heavy atom. The van der Waals surface area contributed by atoms with Crippen LogP contribution in [0.15, 0.2) is 29.4 Å². The second-order valence-corrected chi connectivity index (χ2v) is 9.89. The fourth-order valence-electron chi connectivity index (χ4n) is 3.73. The number of sulfone groups is 1. The number of nitrogens with one attached hydrogen (secondary N) is 1. The van der Waals surface area contributed by atoms with Gasteiger partial charge in [-0.3, -0.25) is 9.78 Å². The quantitative estimate of drug-likeness (QED) is 0.671. The monoisotopic (exact) mass is 469 g/mol. The van der Waals surface area contributed by atoms with Crippen molar-refractivity contribution in [2.45, 2.75) is 36.8 Å². The summed E-state index contributed by atoms with van der Waals surface area (Å²) in [5.74, 6) is -6.33. The van der Waals surface area contributed by atoms with Crippen LogP contribution in [0.25, 0.3) is 0 Å². The van der Waals surface area contributed by atoms with Gasteiger partial charge in [0.1, 0.15) is 16.3 Å². The topological polar surface area (TPSA) is 81.1 Å². The van der Waals surface area contributed by atoms with E-state index in [0.717, 1.165) is 23.0 Å². The number of hydrogen-bond donors (Lipinski definition) is 1. The van der Waals surface area contributed by atoms with E-state index in [1.165, 1.54) is 14.0 Å². The van der Waals surface area contributed by atoms with Gasteiger partial charge >= 0.3 is 6.18 Å². The number of pyridine rings is 1. The first-order chi connectivity index (χ1) is 14.0. The molecule has 2 aromatic heterocycles. The first kappa shape index (κ1) is 23.1. The predicted molar refractivity (Wildman–Crippen MR) is 96.9 cm³/mol. The van der Waals surface area contributed by atoms with E-state index in [0.29, 0.717) is 6.07 Å². The molecule has 1 saturated carbocycles. The van der Waals surface area contributed by atoms with Gasteiger partial charge < -0.3 is 9.88 Å². The van der Waals surface area contributed by atoms with Crippen LogP contribution in [0.4, 0.5) is 32.0 Å². The van der Waals surface area contributed by atoms with Crippen molar-refractivity contribution in [3.8, 4) is 0 Å². The third-order valence-corrected chi connectivity index (χ3v) is 6.89. The molecule has 170 valence electrons. The summed E-state index contributed by atoms with van der Waals surface area (Å²) in [5.41, 5.74) is -3.60. The first-order valence-electron chi connectivity index (χ1n) is 8.83. The van der Waals surface area contributed by atoms with Gasteiger partial charge in [-0.1, -0.05) is 6.92 Å². The number of carbonyl (C=O) groups excluding carboxylic acids is 1. The number of anilines is 1. The minimum absolute atomic E-state index is 0.332. The molecule has 1 amide bonds. The molecule has 3 rings (SSSR count). The molecule has 0 aromatic carbocycles. The summed E-state index contributed by atoms with van der Waals surface area (Å²) in [5, 5.41) is 2.06. The molecule has 1 fully saturated rings. The van der Waals surface area contributed by atoms with Gasteiger partial charge in [-0.25, -0.2) is 21.6 Å². The highest BCUT2D eigenvalue weighted by atomic mass is 32.2. The fraction of sp³-hybridized carbons (Fsp3) is 0.444. The largest absolute Gasteiger partial charge is 0.433 e. The lowest BCUT2D eigenvalue weighted by molar-refractivity contribution is -0.144. The normalized spacial score (nSPS) is 17.8. The standard InChI is InChI=1S/C18H17F6N3O3S/c1-16(7-17(20,21)8-16)9-31(29,30)11-6-27(2)14(13(11)19)15(28)26-10-3-4-25-12(5-10)18(22,23)24/h3-6H,7-9H2,1-2H3,(H,25,26,28). The molecule has 0 saturated heterocycles. The van der Waals surface area contributed by atoms with Crippen molar-refractivity contribution in [3.05, 3.63) is 41.7 Å². The number of amides is 1. The summed E-state index contributed by atoms with van der Waals surface area (Å²) in [6, 6.07) is 1.58. The predicted octanol–water partition coefficient (Wildman–Crippen LogP) is 4.04. The molecule has 0 unspecified atom stereocenters. The van der Waals surface area contributed by atoms with Crippen molar-refractivity contribution in [2.75, 3.05) is 11.1 Å². The van der Waals surface area contributed by atoms with Crippen molar-refractivity contribution in [3.63, 3.8) is 0 Å². The van der Waals surface area contributed by atoms with E-state index in [9.17, 15) is 39.6 Å². The van der Waals surface area contributed by atoms with Crippen LogP contribution in [0.2, 0.25) is 0 Å². The Hall–Kier alpha value is -2.57. The van der Waals surface area contributed by atoms with Crippen LogP contribution in [0.1, 0.15) is 35.9 Å². The maximum absolute atomic E-state index is 14.9. The molecule has 0 spiro atoms. The van der Waals surface area contributed by atoms with Gasteiger partial charge in [0.15, 0.2) is 15.7 Å². The van der Waals surface area contributed by atoms with E-state index in [1.807, 2.05) is 0 Å². The van der Waals surface area contributed by atoms with Crippen LogP contribution in [0.3, 0.4) is 0 Å². The molecular formula is C18H17F6N3O3S. The molecular weight excluding hydrogens is 452 g/mol. The highest BCUT2D eigenvalue weighted by Crippen LogP contribution is 2.52. The van der Waals surface area contributed by atoms with Gasteiger partial charge in [-0.05, 0) is 17.5 Å². The van der Waals surface area contributed by atoms with E-state index in [-0.39, 0.29) is 5.69 Å². The van der Waals surface area contributed by atoms with Crippen LogP contribution in [0, 0.1) is 11.2 Å². The smallest absolute Gasteiger partial charge is 0.343 e. The number of halogens is 6. The molecule has 31 heavy (non-hydrogen) atoms. The summed E-state index contributed by atoms with van der Waals surface area (Å²) >= 11 is 0. The van der Waals surface area contributed by atoms with Crippen molar-refractivity contribution < 1.29 is 39.6 Å². The lowest BCUT2D eigenvalue weighted by Gasteiger charge is -2.44. The van der Waals surface area contributed by atoms with Gasteiger partial charge in [-0.15, -0.1) is 0 Å². The number of carbonyl (C=O) groups is 1. The minimum Gasteiger partial charge on any atom is -0.343 e. The molecule has 1 aliphatic carbocycles. The first-order valence-corrected chi connectivity index (χ1v) is 10.5. The molecule has 0 radical (unpaired) electrons. The van der Waals surface area contributed by atoms with Crippen LogP contribution >= 0.6 is 0 Å². The van der Waals surface area contributed by atoms with Crippen molar-refractivity contribution >= 4 is 21.4 Å². The number of alkyl halides is 5. The summed E-state index contributed by atoms with van der Waals surface area (Å²) in [6.07, 6.45) is -4.47. The number of aromatic nitrogens is 2. The Kier molecular flexibility index (Phi) is 5.40. The lowest BCUT2D eigenvalue weighted by Crippen LogP contribution is -2.47. The number of rotatable bonds is 5. The molecule has 13 heteroatoms. The van der Waals surface area contributed by atoms with E-state index < -0.39 is 74.0 Å². The van der Waals surface area contributed by atoms with Gasteiger partial charge in [0.2, 0.25) is 5.92 Å². The molecule has 2 heterocycles. The third kappa shape index (κ3) is 4.70. The van der Waals surface area contributed by atoms with Gasteiger partial charge in [0.25, 0.3) is 5.91 Å². The minimum atomic E-state index is -4.77. The fourth-order valence-corrected chi connectivity index (χ4v) is 5.70. The van der Waals surface area contributed by atoms with Crippen LogP contribution in [-0.2, 0) is 23.1 Å². The lowest BCUT2D eigenvalue weighted by atomic mass is 9.69. The van der Waals surface area contributed by atoms with Gasteiger partial charge in [0, 0.05) is 38.0 Å². The van der Waals surface area contributed by atoms with Crippen LogP contribution in [0.5, 0.6) is 0 Å². The van der Waals surface area contributed by atoms with Crippen molar-refractivity contribution in [2.24, 2.45) is 12.5 Å². The number of aryl methyl sites for hydroxylation is 1.